The lowest BCUT2D eigenvalue weighted by Crippen LogP contribution is -2.36. The molecule has 5 nitrogen and oxygen atoms in total. The number of esters is 1. The van der Waals surface area contributed by atoms with Gasteiger partial charge in [-0.1, -0.05) is 30.3 Å². The highest BCUT2D eigenvalue weighted by atomic mass is 35.5. The van der Waals surface area contributed by atoms with Gasteiger partial charge in [0, 0.05) is 6.54 Å². The number of halogens is 1. The molecule has 0 aliphatic rings. The number of carbonyl (C=O) groups is 2. The molecule has 0 radical (unpaired) electrons. The summed E-state index contributed by atoms with van der Waals surface area (Å²) in [6, 6.07) is 9.44. The topological polar surface area (TPSA) is 55.8 Å². The van der Waals surface area contributed by atoms with Gasteiger partial charge in [-0.05, 0) is 25.8 Å². The minimum absolute atomic E-state index is 0.179. The Kier molecular flexibility index (Phi) is 7.74. The Morgan fingerprint density at radius 1 is 1.27 bits per heavy atom. The Morgan fingerprint density at radius 3 is 2.45 bits per heavy atom. The van der Waals surface area contributed by atoms with Crippen molar-refractivity contribution in [2.45, 2.75) is 31.7 Å². The van der Waals surface area contributed by atoms with Crippen LogP contribution in [0.15, 0.2) is 30.3 Å². The molecule has 0 N–H and O–H groups in total. The second-order valence-electron chi connectivity index (χ2n) is 4.76. The number of methoxy groups -OCH3 is 1. The number of hydrogen-bond acceptors (Lipinski definition) is 4. The van der Waals surface area contributed by atoms with Crippen LogP contribution in [-0.2, 0) is 14.3 Å². The maximum atomic E-state index is 12.2. The quantitative estimate of drug-likeness (QED) is 0.569. The van der Waals surface area contributed by atoms with Crippen molar-refractivity contribution in [2.75, 3.05) is 20.3 Å². The Labute approximate surface area is 136 Å². The third kappa shape index (κ3) is 5.22. The molecule has 22 heavy (non-hydrogen) atoms. The molecule has 0 aliphatic carbocycles. The standard InChI is InChI=1S/C16H22ClNO4/c1-4-22-16(20)18(11-10-14(17)15(19)21-3)12(2)13-8-6-5-7-9-13/h5-9,12,14H,4,10-11H2,1-3H3/t12-,14-/m1/s1. The van der Waals surface area contributed by atoms with Crippen LogP contribution in [0.1, 0.15) is 31.9 Å². The fourth-order valence-electron chi connectivity index (χ4n) is 2.06. The third-order valence-electron chi connectivity index (χ3n) is 3.33. The van der Waals surface area contributed by atoms with Gasteiger partial charge in [0.2, 0.25) is 0 Å². The van der Waals surface area contributed by atoms with E-state index < -0.39 is 17.4 Å². The van der Waals surface area contributed by atoms with E-state index >= 15 is 0 Å². The van der Waals surface area contributed by atoms with E-state index in [1.54, 1.807) is 11.8 Å². The molecule has 0 heterocycles. The van der Waals surface area contributed by atoms with E-state index in [9.17, 15) is 9.59 Å². The molecule has 2 atom stereocenters. The zero-order valence-corrected chi connectivity index (χ0v) is 13.9. The molecule has 0 fully saturated rings. The average Bonchev–Trinajstić information content (AvgIpc) is 2.54. The van der Waals surface area contributed by atoms with Crippen molar-refractivity contribution >= 4 is 23.7 Å². The van der Waals surface area contributed by atoms with E-state index in [4.69, 9.17) is 16.3 Å². The van der Waals surface area contributed by atoms with E-state index in [2.05, 4.69) is 4.74 Å². The van der Waals surface area contributed by atoms with Gasteiger partial charge >= 0.3 is 12.1 Å². The first kappa shape index (κ1) is 18.3. The van der Waals surface area contributed by atoms with E-state index in [1.165, 1.54) is 7.11 Å². The van der Waals surface area contributed by atoms with Crippen molar-refractivity contribution in [3.8, 4) is 0 Å². The van der Waals surface area contributed by atoms with Crippen LogP contribution in [0.4, 0.5) is 4.79 Å². The molecule has 0 saturated heterocycles. The van der Waals surface area contributed by atoms with Crippen LogP contribution in [0.2, 0.25) is 0 Å². The summed E-state index contributed by atoms with van der Waals surface area (Å²) < 4.78 is 9.69. The molecule has 122 valence electrons. The summed E-state index contributed by atoms with van der Waals surface area (Å²) in [5, 5.41) is -0.787. The average molecular weight is 328 g/mol. The molecule has 1 aromatic rings. The molecule has 0 bridgehead atoms. The van der Waals surface area contributed by atoms with Gasteiger partial charge in [0.15, 0.2) is 0 Å². The molecular formula is C16H22ClNO4. The van der Waals surface area contributed by atoms with Gasteiger partial charge in [0.05, 0.1) is 19.8 Å². The van der Waals surface area contributed by atoms with Crippen molar-refractivity contribution in [1.82, 2.24) is 4.90 Å². The third-order valence-corrected chi connectivity index (χ3v) is 3.73. The van der Waals surface area contributed by atoms with Crippen LogP contribution in [0, 0.1) is 0 Å². The van der Waals surface area contributed by atoms with E-state index in [1.807, 2.05) is 37.3 Å². The lowest BCUT2D eigenvalue weighted by molar-refractivity contribution is -0.140. The van der Waals surface area contributed by atoms with Crippen LogP contribution in [0.25, 0.3) is 0 Å². The minimum atomic E-state index is -0.787. The lowest BCUT2D eigenvalue weighted by Gasteiger charge is -2.29. The first-order chi connectivity index (χ1) is 10.5. The second kappa shape index (κ2) is 9.30. The van der Waals surface area contributed by atoms with Crippen molar-refractivity contribution in [2.24, 2.45) is 0 Å². The summed E-state index contributed by atoms with van der Waals surface area (Å²) in [5.41, 5.74) is 0.986. The summed E-state index contributed by atoms with van der Waals surface area (Å²) in [4.78, 5) is 25.1. The van der Waals surface area contributed by atoms with E-state index in [-0.39, 0.29) is 12.6 Å². The Bertz CT molecular complexity index is 480. The summed E-state index contributed by atoms with van der Waals surface area (Å²) in [6.07, 6.45) is -0.128. The normalized spacial score (nSPS) is 13.1. The molecule has 0 saturated carbocycles. The van der Waals surface area contributed by atoms with Crippen molar-refractivity contribution in [3.63, 3.8) is 0 Å². The Morgan fingerprint density at radius 2 is 1.91 bits per heavy atom. The minimum Gasteiger partial charge on any atom is -0.468 e. The summed E-state index contributed by atoms with van der Waals surface area (Å²) >= 11 is 5.95. The van der Waals surface area contributed by atoms with E-state index in [0.717, 1.165) is 5.56 Å². The first-order valence-corrected chi connectivity index (χ1v) is 7.65. The summed E-state index contributed by atoms with van der Waals surface area (Å²) in [6.45, 7) is 4.26. The fraction of sp³-hybridized carbons (Fsp3) is 0.500. The zero-order chi connectivity index (χ0) is 16.5. The van der Waals surface area contributed by atoms with Gasteiger partial charge in [-0.15, -0.1) is 11.6 Å². The predicted molar refractivity (Wildman–Crippen MR) is 84.9 cm³/mol. The van der Waals surface area contributed by atoms with Gasteiger partial charge in [0.1, 0.15) is 5.38 Å². The number of benzene rings is 1. The molecule has 1 amide bonds. The van der Waals surface area contributed by atoms with Crippen LogP contribution < -0.4 is 0 Å². The molecule has 0 aromatic heterocycles. The first-order valence-electron chi connectivity index (χ1n) is 7.21. The van der Waals surface area contributed by atoms with Gasteiger partial charge in [0.25, 0.3) is 0 Å². The second-order valence-corrected chi connectivity index (χ2v) is 5.29. The molecule has 0 spiro atoms. The fourth-order valence-corrected chi connectivity index (χ4v) is 2.25. The number of carbonyl (C=O) groups excluding carboxylic acids is 2. The number of hydrogen-bond donors (Lipinski definition) is 0. The van der Waals surface area contributed by atoms with Gasteiger partial charge in [-0.2, -0.15) is 0 Å². The lowest BCUT2D eigenvalue weighted by atomic mass is 10.1. The van der Waals surface area contributed by atoms with Crippen LogP contribution in [0.3, 0.4) is 0 Å². The van der Waals surface area contributed by atoms with E-state index in [0.29, 0.717) is 13.0 Å². The Hall–Kier alpha value is -1.75. The summed E-state index contributed by atoms with van der Waals surface area (Å²) in [5.74, 6) is -0.502. The maximum absolute atomic E-state index is 12.2. The molecule has 6 heteroatoms. The van der Waals surface area contributed by atoms with Gasteiger partial charge < -0.3 is 14.4 Å². The molecular weight excluding hydrogens is 306 g/mol. The van der Waals surface area contributed by atoms with Crippen molar-refractivity contribution < 1.29 is 19.1 Å². The highest BCUT2D eigenvalue weighted by Crippen LogP contribution is 2.22. The van der Waals surface area contributed by atoms with Gasteiger partial charge in [-0.3, -0.25) is 4.79 Å². The Balaban J connectivity index is 2.80. The smallest absolute Gasteiger partial charge is 0.410 e. The molecule has 0 aliphatic heterocycles. The number of alkyl halides is 1. The number of amides is 1. The van der Waals surface area contributed by atoms with Crippen LogP contribution in [-0.4, -0.2) is 42.6 Å². The number of rotatable bonds is 7. The highest BCUT2D eigenvalue weighted by molar-refractivity contribution is 6.29. The SMILES string of the molecule is CCOC(=O)N(CC[C@@H](Cl)C(=O)OC)[C@H](C)c1ccccc1. The number of ether oxygens (including phenoxy) is 2. The van der Waals surface area contributed by atoms with Crippen molar-refractivity contribution in [3.05, 3.63) is 35.9 Å². The van der Waals surface area contributed by atoms with Crippen molar-refractivity contribution in [1.29, 1.82) is 0 Å². The highest BCUT2D eigenvalue weighted by Gasteiger charge is 2.25. The zero-order valence-electron chi connectivity index (χ0n) is 13.1. The molecule has 1 aromatic carbocycles. The largest absolute Gasteiger partial charge is 0.468 e. The van der Waals surface area contributed by atoms with Crippen LogP contribution >= 0.6 is 11.6 Å². The number of nitrogens with zero attached hydrogens (tertiary/aromatic N) is 1. The molecule has 0 unspecified atom stereocenters. The predicted octanol–water partition coefficient (Wildman–Crippen LogP) is 3.38. The van der Waals surface area contributed by atoms with Gasteiger partial charge in [-0.25, -0.2) is 4.79 Å². The molecule has 1 rings (SSSR count). The monoisotopic (exact) mass is 327 g/mol. The summed E-state index contributed by atoms with van der Waals surface area (Å²) in [7, 11) is 1.29. The maximum Gasteiger partial charge on any atom is 0.410 e. The van der Waals surface area contributed by atoms with Crippen LogP contribution in [0.5, 0.6) is 0 Å².